The number of rotatable bonds is 2. The molecule has 1 aliphatic rings. The van der Waals surface area contributed by atoms with Gasteiger partial charge in [0.25, 0.3) is 5.91 Å². The Hall–Kier alpha value is -2.14. The smallest absolute Gasteiger partial charge is 0.253 e. The van der Waals surface area contributed by atoms with Gasteiger partial charge >= 0.3 is 0 Å². The van der Waals surface area contributed by atoms with Gasteiger partial charge in [-0.25, -0.2) is 4.98 Å². The molecule has 3 heterocycles. The lowest BCUT2D eigenvalue weighted by molar-refractivity contribution is 0.0697. The SMILES string of the molecule is Cc1ccc(C)n1-c1nc2ccc(C(=O)N3CCC(C)CC3)cc2s1. The van der Waals surface area contributed by atoms with E-state index in [1.807, 2.05) is 23.1 Å². The summed E-state index contributed by atoms with van der Waals surface area (Å²) in [7, 11) is 0. The van der Waals surface area contributed by atoms with Crippen LogP contribution in [0.2, 0.25) is 0 Å². The highest BCUT2D eigenvalue weighted by Gasteiger charge is 2.22. The molecule has 4 nitrogen and oxygen atoms in total. The highest BCUT2D eigenvalue weighted by Crippen LogP contribution is 2.29. The average Bonchev–Trinajstić information content (AvgIpc) is 3.16. The third-order valence-corrected chi connectivity index (χ3v) is 6.16. The van der Waals surface area contributed by atoms with Crippen molar-refractivity contribution in [3.8, 4) is 5.13 Å². The largest absolute Gasteiger partial charge is 0.339 e. The maximum Gasteiger partial charge on any atom is 0.253 e. The lowest BCUT2D eigenvalue weighted by Crippen LogP contribution is -2.37. The summed E-state index contributed by atoms with van der Waals surface area (Å²) in [6.45, 7) is 8.18. The summed E-state index contributed by atoms with van der Waals surface area (Å²) in [6, 6.07) is 10.1. The Morgan fingerprint density at radius 3 is 2.48 bits per heavy atom. The maximum atomic E-state index is 12.8. The zero-order valence-electron chi connectivity index (χ0n) is 15.0. The highest BCUT2D eigenvalue weighted by atomic mass is 32.1. The molecule has 1 fully saturated rings. The second-order valence-electron chi connectivity index (χ2n) is 7.11. The molecule has 1 amide bonds. The summed E-state index contributed by atoms with van der Waals surface area (Å²) in [5, 5.41) is 0.964. The molecule has 0 atom stereocenters. The molecule has 1 aromatic carbocycles. The number of hydrogen-bond acceptors (Lipinski definition) is 3. The number of carbonyl (C=O) groups excluding carboxylic acids is 1. The van der Waals surface area contributed by atoms with E-state index < -0.39 is 0 Å². The van der Waals surface area contributed by atoms with Crippen molar-refractivity contribution >= 4 is 27.5 Å². The van der Waals surface area contributed by atoms with Gasteiger partial charge in [0, 0.05) is 30.0 Å². The lowest BCUT2D eigenvalue weighted by atomic mass is 9.98. The van der Waals surface area contributed by atoms with Crippen LogP contribution in [0.1, 0.15) is 41.5 Å². The molecule has 0 spiro atoms. The van der Waals surface area contributed by atoms with Crippen molar-refractivity contribution < 1.29 is 4.79 Å². The number of amides is 1. The number of carbonyl (C=O) groups is 1. The van der Waals surface area contributed by atoms with Gasteiger partial charge in [-0.2, -0.15) is 0 Å². The summed E-state index contributed by atoms with van der Waals surface area (Å²) in [5.74, 6) is 0.876. The van der Waals surface area contributed by atoms with Crippen molar-refractivity contribution in [3.05, 3.63) is 47.3 Å². The van der Waals surface area contributed by atoms with Gasteiger partial charge in [-0.05, 0) is 62.9 Å². The highest BCUT2D eigenvalue weighted by molar-refractivity contribution is 7.20. The van der Waals surface area contributed by atoms with E-state index in [9.17, 15) is 4.79 Å². The molecule has 130 valence electrons. The van der Waals surface area contributed by atoms with Crippen LogP contribution in [0, 0.1) is 19.8 Å². The molecule has 3 aromatic rings. The minimum atomic E-state index is 0.150. The normalized spacial score (nSPS) is 15.9. The number of thiazole rings is 1. The Bertz CT molecular complexity index is 912. The number of piperidine rings is 1. The van der Waals surface area contributed by atoms with Crippen LogP contribution >= 0.6 is 11.3 Å². The zero-order valence-corrected chi connectivity index (χ0v) is 15.8. The topological polar surface area (TPSA) is 38.1 Å². The predicted octanol–water partition coefficient (Wildman–Crippen LogP) is 4.58. The molecule has 0 radical (unpaired) electrons. The van der Waals surface area contributed by atoms with Gasteiger partial charge in [0.05, 0.1) is 10.2 Å². The van der Waals surface area contributed by atoms with E-state index in [1.54, 1.807) is 11.3 Å². The fourth-order valence-corrected chi connectivity index (χ4v) is 4.63. The summed E-state index contributed by atoms with van der Waals surface area (Å²) in [5.41, 5.74) is 4.08. The van der Waals surface area contributed by atoms with Crippen molar-refractivity contribution in [2.75, 3.05) is 13.1 Å². The van der Waals surface area contributed by atoms with Gasteiger partial charge < -0.3 is 4.90 Å². The number of likely N-dealkylation sites (tertiary alicyclic amines) is 1. The fourth-order valence-electron chi connectivity index (χ4n) is 3.51. The quantitative estimate of drug-likeness (QED) is 0.676. The van der Waals surface area contributed by atoms with Crippen molar-refractivity contribution in [1.82, 2.24) is 14.5 Å². The molecule has 5 heteroatoms. The number of hydrogen-bond donors (Lipinski definition) is 0. The third-order valence-electron chi connectivity index (χ3n) is 5.16. The molecule has 0 saturated carbocycles. The van der Waals surface area contributed by atoms with Crippen LogP contribution in [0.3, 0.4) is 0 Å². The van der Waals surface area contributed by atoms with Crippen molar-refractivity contribution in [2.45, 2.75) is 33.6 Å². The molecule has 0 N–H and O–H groups in total. The van der Waals surface area contributed by atoms with E-state index in [0.717, 1.165) is 52.8 Å². The standard InChI is InChI=1S/C20H23N3OS/c1-13-8-10-22(11-9-13)19(24)16-6-7-17-18(12-16)25-20(21-17)23-14(2)4-5-15(23)3/h4-7,12-13H,8-11H2,1-3H3. The van der Waals surface area contributed by atoms with Crippen LogP contribution in [0.15, 0.2) is 30.3 Å². The van der Waals surface area contributed by atoms with Crippen LogP contribution in [-0.2, 0) is 0 Å². The van der Waals surface area contributed by atoms with Gasteiger partial charge in [-0.15, -0.1) is 0 Å². The van der Waals surface area contributed by atoms with E-state index in [0.29, 0.717) is 0 Å². The minimum Gasteiger partial charge on any atom is -0.339 e. The monoisotopic (exact) mass is 353 g/mol. The lowest BCUT2D eigenvalue weighted by Gasteiger charge is -2.30. The molecule has 1 aliphatic heterocycles. The molecule has 1 saturated heterocycles. The van der Waals surface area contributed by atoms with E-state index >= 15 is 0 Å². The van der Waals surface area contributed by atoms with E-state index in [1.165, 1.54) is 11.4 Å². The van der Waals surface area contributed by atoms with Gasteiger partial charge in [-0.3, -0.25) is 9.36 Å². The molecular formula is C20H23N3OS. The number of nitrogens with zero attached hydrogens (tertiary/aromatic N) is 3. The summed E-state index contributed by atoms with van der Waals surface area (Å²) in [6.07, 6.45) is 2.20. The first-order valence-corrected chi connectivity index (χ1v) is 9.70. The fraction of sp³-hybridized carbons (Fsp3) is 0.400. The number of benzene rings is 1. The molecule has 2 aromatic heterocycles. The van der Waals surface area contributed by atoms with Gasteiger partial charge in [0.2, 0.25) is 0 Å². The molecular weight excluding hydrogens is 330 g/mol. The van der Waals surface area contributed by atoms with Gasteiger partial charge in [0.1, 0.15) is 0 Å². The van der Waals surface area contributed by atoms with E-state index in [-0.39, 0.29) is 5.91 Å². The van der Waals surface area contributed by atoms with E-state index in [2.05, 4.69) is 37.5 Å². The number of aromatic nitrogens is 2. The predicted molar refractivity (Wildman–Crippen MR) is 103 cm³/mol. The van der Waals surface area contributed by atoms with Crippen LogP contribution in [0.4, 0.5) is 0 Å². The second-order valence-corrected chi connectivity index (χ2v) is 8.11. The zero-order chi connectivity index (χ0) is 17.6. The van der Waals surface area contributed by atoms with Crippen molar-refractivity contribution in [1.29, 1.82) is 0 Å². The average molecular weight is 353 g/mol. The Labute approximate surface area is 152 Å². The molecule has 4 rings (SSSR count). The van der Waals surface area contributed by atoms with Crippen LogP contribution < -0.4 is 0 Å². The minimum absolute atomic E-state index is 0.150. The number of fused-ring (bicyclic) bond motifs is 1. The Morgan fingerprint density at radius 1 is 1.12 bits per heavy atom. The summed E-state index contributed by atoms with van der Waals surface area (Å²) in [4.78, 5) is 19.5. The molecule has 0 bridgehead atoms. The first kappa shape index (κ1) is 16.3. The third kappa shape index (κ3) is 2.97. The molecule has 25 heavy (non-hydrogen) atoms. The first-order valence-electron chi connectivity index (χ1n) is 8.88. The van der Waals surface area contributed by atoms with Crippen molar-refractivity contribution in [2.24, 2.45) is 5.92 Å². The second kappa shape index (κ2) is 6.30. The molecule has 0 unspecified atom stereocenters. The number of aryl methyl sites for hydroxylation is 2. The van der Waals surface area contributed by atoms with Crippen LogP contribution in [0.25, 0.3) is 15.3 Å². The van der Waals surface area contributed by atoms with Crippen molar-refractivity contribution in [3.63, 3.8) is 0 Å². The Balaban J connectivity index is 1.65. The Morgan fingerprint density at radius 2 is 1.80 bits per heavy atom. The summed E-state index contributed by atoms with van der Waals surface area (Å²) >= 11 is 1.64. The maximum absolute atomic E-state index is 12.8. The van der Waals surface area contributed by atoms with Gasteiger partial charge in [0.15, 0.2) is 5.13 Å². The van der Waals surface area contributed by atoms with Crippen LogP contribution in [0.5, 0.6) is 0 Å². The van der Waals surface area contributed by atoms with Gasteiger partial charge in [-0.1, -0.05) is 18.3 Å². The van der Waals surface area contributed by atoms with Crippen LogP contribution in [-0.4, -0.2) is 33.4 Å². The summed E-state index contributed by atoms with van der Waals surface area (Å²) < 4.78 is 3.23. The first-order chi connectivity index (χ1) is 12.0. The van der Waals surface area contributed by atoms with E-state index in [4.69, 9.17) is 4.98 Å². The Kier molecular flexibility index (Phi) is 4.12. The molecule has 0 aliphatic carbocycles.